The molecule has 4 rings (SSSR count). The van der Waals surface area contributed by atoms with E-state index in [-0.39, 0.29) is 30.2 Å². The van der Waals surface area contributed by atoms with E-state index in [2.05, 4.69) is 15.6 Å². The molecule has 1 aromatic heterocycles. The third-order valence-corrected chi connectivity index (χ3v) is 5.21. The second kappa shape index (κ2) is 6.64. The maximum Gasteiger partial charge on any atom is 0.223 e. The molecule has 1 aliphatic carbocycles. The molecule has 2 N–H and O–H groups in total. The molecule has 7 nitrogen and oxygen atoms in total. The third kappa shape index (κ3) is 3.10. The molecule has 7 heteroatoms. The van der Waals surface area contributed by atoms with E-state index in [0.717, 1.165) is 5.69 Å². The molecule has 2 aliphatic heterocycles. The first kappa shape index (κ1) is 15.8. The van der Waals surface area contributed by atoms with E-state index in [1.807, 2.05) is 12.3 Å². The van der Waals surface area contributed by atoms with E-state index < -0.39 is 0 Å². The largest absolute Gasteiger partial charge is 0.371 e. The summed E-state index contributed by atoms with van der Waals surface area (Å²) in [4.78, 5) is 20.3. The summed E-state index contributed by atoms with van der Waals surface area (Å²) in [6.45, 7) is 2.53. The second-order valence-electron chi connectivity index (χ2n) is 6.94. The zero-order valence-electron chi connectivity index (χ0n) is 13.9. The monoisotopic (exact) mass is 332 g/mol. The van der Waals surface area contributed by atoms with Gasteiger partial charge in [0.25, 0.3) is 0 Å². The van der Waals surface area contributed by atoms with Gasteiger partial charge in [0.15, 0.2) is 0 Å². The average molecular weight is 332 g/mol. The van der Waals surface area contributed by atoms with Crippen molar-refractivity contribution in [1.29, 1.82) is 0 Å². The number of nitrogens with one attached hydrogen (secondary N) is 2. The number of anilines is 1. The van der Waals surface area contributed by atoms with Gasteiger partial charge in [0.1, 0.15) is 12.2 Å². The predicted octanol–water partition coefficient (Wildman–Crippen LogP) is 1.22. The minimum Gasteiger partial charge on any atom is -0.371 e. The standard InChI is InChI=1S/C17H24N4O3/c1-10(22)19-13-8-23-16-14(9-24-15(13)16)21-17-18-7-6-12(20-17)11-4-2-3-5-11/h6-7,11,13-16H,2-5,8-9H2,1H3,(H,19,22)(H,18,20,21)/t13-,14+,15-,16+/m1/s1. The van der Waals surface area contributed by atoms with Gasteiger partial charge in [0.2, 0.25) is 11.9 Å². The summed E-state index contributed by atoms with van der Waals surface area (Å²) in [5.41, 5.74) is 1.13. The number of rotatable bonds is 4. The second-order valence-corrected chi connectivity index (χ2v) is 6.94. The fourth-order valence-electron chi connectivity index (χ4n) is 4.06. The number of carbonyl (C=O) groups excluding carboxylic acids is 1. The molecule has 3 heterocycles. The molecule has 4 atom stereocenters. The van der Waals surface area contributed by atoms with Gasteiger partial charge in [0.05, 0.1) is 25.3 Å². The van der Waals surface area contributed by atoms with Gasteiger partial charge in [-0.3, -0.25) is 4.79 Å². The van der Waals surface area contributed by atoms with Crippen molar-refractivity contribution in [1.82, 2.24) is 15.3 Å². The molecule has 0 radical (unpaired) electrons. The van der Waals surface area contributed by atoms with Crippen molar-refractivity contribution in [2.24, 2.45) is 0 Å². The van der Waals surface area contributed by atoms with Crippen LogP contribution in [0.15, 0.2) is 12.3 Å². The predicted molar refractivity (Wildman–Crippen MR) is 87.7 cm³/mol. The highest BCUT2D eigenvalue weighted by Gasteiger charge is 2.48. The summed E-state index contributed by atoms with van der Waals surface area (Å²) in [5, 5.41) is 6.26. The molecule has 1 aromatic rings. The van der Waals surface area contributed by atoms with Gasteiger partial charge in [-0.05, 0) is 18.9 Å². The molecule has 2 saturated heterocycles. The zero-order valence-corrected chi connectivity index (χ0v) is 13.9. The number of aromatic nitrogens is 2. The van der Waals surface area contributed by atoms with Crippen molar-refractivity contribution < 1.29 is 14.3 Å². The topological polar surface area (TPSA) is 85.4 Å². The molecule has 0 spiro atoms. The molecule has 0 aromatic carbocycles. The normalized spacial score (nSPS) is 32.7. The number of amides is 1. The summed E-state index contributed by atoms with van der Waals surface area (Å²) >= 11 is 0. The Balaban J connectivity index is 1.41. The lowest BCUT2D eigenvalue weighted by atomic mass is 10.0. The number of hydrogen-bond acceptors (Lipinski definition) is 6. The summed E-state index contributed by atoms with van der Waals surface area (Å²) in [5.74, 6) is 1.14. The highest BCUT2D eigenvalue weighted by molar-refractivity contribution is 5.73. The molecular formula is C17H24N4O3. The van der Waals surface area contributed by atoms with E-state index in [9.17, 15) is 4.79 Å². The van der Waals surface area contributed by atoms with Crippen LogP contribution in [-0.4, -0.2) is 53.4 Å². The van der Waals surface area contributed by atoms with Gasteiger partial charge in [-0.1, -0.05) is 12.8 Å². The maximum absolute atomic E-state index is 11.3. The van der Waals surface area contributed by atoms with Crippen LogP contribution in [0.5, 0.6) is 0 Å². The summed E-state index contributed by atoms with van der Waals surface area (Å²) in [6, 6.07) is 1.95. The van der Waals surface area contributed by atoms with Crippen molar-refractivity contribution in [2.45, 2.75) is 62.8 Å². The van der Waals surface area contributed by atoms with E-state index >= 15 is 0 Å². The average Bonchev–Trinajstić information content (AvgIpc) is 3.28. The molecular weight excluding hydrogens is 308 g/mol. The van der Waals surface area contributed by atoms with Gasteiger partial charge in [-0.15, -0.1) is 0 Å². The number of nitrogens with zero attached hydrogens (tertiary/aromatic N) is 2. The Hall–Kier alpha value is -1.73. The number of hydrogen-bond donors (Lipinski definition) is 2. The Morgan fingerprint density at radius 3 is 2.62 bits per heavy atom. The Labute approximate surface area is 141 Å². The molecule has 24 heavy (non-hydrogen) atoms. The molecule has 130 valence electrons. The molecule has 0 bridgehead atoms. The van der Waals surface area contributed by atoms with Crippen LogP contribution in [0.3, 0.4) is 0 Å². The lowest BCUT2D eigenvalue weighted by Crippen LogP contribution is -2.44. The molecule has 3 aliphatic rings. The molecule has 1 saturated carbocycles. The van der Waals surface area contributed by atoms with Crippen molar-refractivity contribution in [3.8, 4) is 0 Å². The minimum atomic E-state index is -0.107. The van der Waals surface area contributed by atoms with Crippen molar-refractivity contribution >= 4 is 11.9 Å². The number of fused-ring (bicyclic) bond motifs is 1. The Bertz CT molecular complexity index is 605. The van der Waals surface area contributed by atoms with Crippen LogP contribution >= 0.6 is 0 Å². The first-order valence-corrected chi connectivity index (χ1v) is 8.80. The van der Waals surface area contributed by atoms with E-state index in [0.29, 0.717) is 25.1 Å². The third-order valence-electron chi connectivity index (χ3n) is 5.21. The van der Waals surface area contributed by atoms with Crippen LogP contribution in [-0.2, 0) is 14.3 Å². The van der Waals surface area contributed by atoms with E-state index in [4.69, 9.17) is 14.5 Å². The van der Waals surface area contributed by atoms with Gasteiger partial charge in [-0.2, -0.15) is 0 Å². The van der Waals surface area contributed by atoms with Crippen LogP contribution in [0.1, 0.15) is 44.2 Å². The van der Waals surface area contributed by atoms with Crippen molar-refractivity contribution in [3.05, 3.63) is 18.0 Å². The fraction of sp³-hybridized carbons (Fsp3) is 0.706. The highest BCUT2D eigenvalue weighted by Crippen LogP contribution is 2.33. The number of ether oxygens (including phenoxy) is 2. The van der Waals surface area contributed by atoms with Gasteiger partial charge < -0.3 is 20.1 Å². The van der Waals surface area contributed by atoms with E-state index in [1.54, 1.807) is 0 Å². The quantitative estimate of drug-likeness (QED) is 0.862. The molecule has 1 amide bonds. The Morgan fingerprint density at radius 1 is 1.17 bits per heavy atom. The minimum absolute atomic E-state index is 0.00702. The lowest BCUT2D eigenvalue weighted by molar-refractivity contribution is -0.120. The lowest BCUT2D eigenvalue weighted by Gasteiger charge is -2.18. The Kier molecular flexibility index (Phi) is 4.37. The van der Waals surface area contributed by atoms with E-state index in [1.165, 1.54) is 32.6 Å². The smallest absolute Gasteiger partial charge is 0.223 e. The van der Waals surface area contributed by atoms with Crippen molar-refractivity contribution in [2.75, 3.05) is 18.5 Å². The van der Waals surface area contributed by atoms with Gasteiger partial charge >= 0.3 is 0 Å². The Morgan fingerprint density at radius 2 is 1.88 bits per heavy atom. The van der Waals surface area contributed by atoms with Crippen LogP contribution < -0.4 is 10.6 Å². The SMILES string of the molecule is CC(=O)N[C@@H]1CO[C@@H]2[C@@H]1OC[C@@H]2Nc1nccc(C2CCCC2)n1. The van der Waals surface area contributed by atoms with Crippen LogP contribution in [0.4, 0.5) is 5.95 Å². The molecule has 3 fully saturated rings. The van der Waals surface area contributed by atoms with Crippen LogP contribution in [0.25, 0.3) is 0 Å². The van der Waals surface area contributed by atoms with Gasteiger partial charge in [0, 0.05) is 24.7 Å². The highest BCUT2D eigenvalue weighted by atomic mass is 16.6. The number of carbonyl (C=O) groups is 1. The first-order valence-electron chi connectivity index (χ1n) is 8.80. The maximum atomic E-state index is 11.3. The zero-order chi connectivity index (χ0) is 16.5. The van der Waals surface area contributed by atoms with Crippen molar-refractivity contribution in [3.63, 3.8) is 0 Å². The van der Waals surface area contributed by atoms with Crippen LogP contribution in [0.2, 0.25) is 0 Å². The summed E-state index contributed by atoms with van der Waals surface area (Å²) in [7, 11) is 0. The fourth-order valence-corrected chi connectivity index (χ4v) is 4.06. The summed E-state index contributed by atoms with van der Waals surface area (Å²) < 4.78 is 11.7. The van der Waals surface area contributed by atoms with Crippen LogP contribution in [0, 0.1) is 0 Å². The summed E-state index contributed by atoms with van der Waals surface area (Å²) in [6.07, 6.45) is 6.65. The first-order chi connectivity index (χ1) is 11.7. The molecule has 0 unspecified atom stereocenters. The van der Waals surface area contributed by atoms with Gasteiger partial charge in [-0.25, -0.2) is 9.97 Å².